The molecule has 0 rings (SSSR count). The van der Waals surface area contributed by atoms with Gasteiger partial charge >= 0.3 is 0 Å². The lowest BCUT2D eigenvalue weighted by Crippen LogP contribution is -2.19. The molecule has 0 aromatic rings. The highest BCUT2D eigenvalue weighted by Crippen LogP contribution is 2.05. The summed E-state index contributed by atoms with van der Waals surface area (Å²) in [6.45, 7) is 7.93. The SMILES string of the molecule is C#N.CCCCC(N)CCCC. The Labute approximate surface area is 76.8 Å². The molecule has 0 aliphatic heterocycles. The molecule has 0 heterocycles. The normalized spacial score (nSPS) is 9.17. The van der Waals surface area contributed by atoms with Crippen LogP contribution in [-0.4, -0.2) is 6.04 Å². The van der Waals surface area contributed by atoms with E-state index in [2.05, 4.69) is 20.4 Å². The van der Waals surface area contributed by atoms with Crippen molar-refractivity contribution in [2.24, 2.45) is 5.73 Å². The van der Waals surface area contributed by atoms with Gasteiger partial charge in [-0.05, 0) is 12.8 Å². The molecule has 2 N–H and O–H groups in total. The van der Waals surface area contributed by atoms with Crippen molar-refractivity contribution in [1.29, 1.82) is 5.26 Å². The van der Waals surface area contributed by atoms with Crippen molar-refractivity contribution >= 4 is 0 Å². The van der Waals surface area contributed by atoms with Crippen LogP contribution in [-0.2, 0) is 0 Å². The minimum Gasteiger partial charge on any atom is -0.328 e. The topological polar surface area (TPSA) is 49.8 Å². The minimum absolute atomic E-state index is 0.472. The van der Waals surface area contributed by atoms with Gasteiger partial charge in [0.15, 0.2) is 0 Å². The molecule has 0 aliphatic carbocycles. The Kier molecular flexibility index (Phi) is 15.2. The van der Waals surface area contributed by atoms with Gasteiger partial charge in [0.1, 0.15) is 0 Å². The summed E-state index contributed by atoms with van der Waals surface area (Å²) in [5.74, 6) is 0. The van der Waals surface area contributed by atoms with Crippen LogP contribution < -0.4 is 5.73 Å². The molecule has 0 radical (unpaired) electrons. The number of hydrogen-bond acceptors (Lipinski definition) is 2. The Morgan fingerprint density at radius 2 is 1.42 bits per heavy atom. The van der Waals surface area contributed by atoms with E-state index in [0.29, 0.717) is 6.04 Å². The number of unbranched alkanes of at least 4 members (excludes halogenated alkanes) is 2. The molecule has 0 aromatic carbocycles. The molecule has 12 heavy (non-hydrogen) atoms. The van der Waals surface area contributed by atoms with Crippen LogP contribution in [0.15, 0.2) is 0 Å². The Morgan fingerprint density at radius 1 is 1.08 bits per heavy atom. The average Bonchev–Trinajstić information content (AvgIpc) is 2.14. The molecule has 0 bridgehead atoms. The van der Waals surface area contributed by atoms with Crippen molar-refractivity contribution in [1.82, 2.24) is 0 Å². The van der Waals surface area contributed by atoms with Gasteiger partial charge in [0.2, 0.25) is 0 Å². The van der Waals surface area contributed by atoms with Gasteiger partial charge in [-0.15, -0.1) is 0 Å². The Morgan fingerprint density at radius 3 is 1.67 bits per heavy atom. The van der Waals surface area contributed by atoms with Crippen LogP contribution in [0, 0.1) is 11.8 Å². The molecule has 0 fully saturated rings. The Balaban J connectivity index is 0. The third-order valence-corrected chi connectivity index (χ3v) is 1.86. The zero-order valence-corrected chi connectivity index (χ0v) is 8.42. The molecule has 72 valence electrons. The first-order chi connectivity index (χ1) is 5.81. The summed E-state index contributed by atoms with van der Waals surface area (Å²) >= 11 is 0. The highest BCUT2D eigenvalue weighted by atomic mass is 14.6. The summed E-state index contributed by atoms with van der Waals surface area (Å²) in [5, 5.41) is 6.50. The van der Waals surface area contributed by atoms with Crippen LogP contribution in [0.3, 0.4) is 0 Å². The van der Waals surface area contributed by atoms with Gasteiger partial charge < -0.3 is 5.73 Å². The maximum absolute atomic E-state index is 6.50. The van der Waals surface area contributed by atoms with E-state index in [1.165, 1.54) is 38.5 Å². The molecular weight excluding hydrogens is 148 g/mol. The fraction of sp³-hybridized carbons (Fsp3) is 0.900. The Bertz CT molecular complexity index is 81.1. The maximum atomic E-state index is 6.50. The number of nitrogens with two attached hydrogens (primary N) is 1. The van der Waals surface area contributed by atoms with Crippen molar-refractivity contribution in [3.8, 4) is 6.57 Å². The maximum Gasteiger partial charge on any atom is 0.0462 e. The lowest BCUT2D eigenvalue weighted by atomic mass is 10.1. The third-order valence-electron chi connectivity index (χ3n) is 1.86. The van der Waals surface area contributed by atoms with Gasteiger partial charge in [-0.3, -0.25) is 0 Å². The molecule has 2 heteroatoms. The van der Waals surface area contributed by atoms with Gasteiger partial charge in [0.25, 0.3) is 0 Å². The van der Waals surface area contributed by atoms with Gasteiger partial charge in [0.05, 0.1) is 0 Å². The van der Waals surface area contributed by atoms with Crippen LogP contribution in [0.25, 0.3) is 0 Å². The summed E-state index contributed by atoms with van der Waals surface area (Å²) in [4.78, 5) is 0. The monoisotopic (exact) mass is 170 g/mol. The van der Waals surface area contributed by atoms with E-state index < -0.39 is 0 Å². The highest BCUT2D eigenvalue weighted by Gasteiger charge is 1.99. The summed E-state index contributed by atoms with van der Waals surface area (Å²) in [7, 11) is 0. The fourth-order valence-electron chi connectivity index (χ4n) is 1.08. The standard InChI is InChI=1S/C9H21N.CHN/c1-3-5-7-9(10)8-6-4-2;1-2/h9H,3-8,10H2,1-2H3;1H. The first-order valence-electron chi connectivity index (χ1n) is 4.82. The average molecular weight is 170 g/mol. The highest BCUT2D eigenvalue weighted by molar-refractivity contribution is 4.59. The second-order valence-electron chi connectivity index (χ2n) is 3.04. The van der Waals surface area contributed by atoms with Crippen LogP contribution in [0.2, 0.25) is 0 Å². The summed E-state index contributed by atoms with van der Waals surface area (Å²) in [6, 6.07) is 0.472. The summed E-state index contributed by atoms with van der Waals surface area (Å²) in [5.41, 5.74) is 5.85. The van der Waals surface area contributed by atoms with Crippen LogP contribution in [0.5, 0.6) is 0 Å². The Hall–Kier alpha value is -0.550. The smallest absolute Gasteiger partial charge is 0.0462 e. The van der Waals surface area contributed by atoms with Gasteiger partial charge in [0, 0.05) is 12.6 Å². The molecule has 0 spiro atoms. The summed E-state index contributed by atoms with van der Waals surface area (Å²) < 4.78 is 0. The fourth-order valence-corrected chi connectivity index (χ4v) is 1.08. The summed E-state index contributed by atoms with van der Waals surface area (Å²) in [6.07, 6.45) is 7.59. The molecule has 0 aliphatic rings. The quantitative estimate of drug-likeness (QED) is 0.666. The van der Waals surface area contributed by atoms with Crippen LogP contribution >= 0.6 is 0 Å². The van der Waals surface area contributed by atoms with E-state index in [0.717, 1.165) is 0 Å². The molecule has 2 nitrogen and oxygen atoms in total. The van der Waals surface area contributed by atoms with E-state index in [9.17, 15) is 0 Å². The van der Waals surface area contributed by atoms with Crippen molar-refractivity contribution in [2.75, 3.05) is 0 Å². The number of nitriles is 1. The van der Waals surface area contributed by atoms with Crippen molar-refractivity contribution in [2.45, 2.75) is 58.4 Å². The first-order valence-corrected chi connectivity index (χ1v) is 4.82. The molecule has 0 amide bonds. The van der Waals surface area contributed by atoms with Crippen molar-refractivity contribution in [3.63, 3.8) is 0 Å². The van der Waals surface area contributed by atoms with E-state index >= 15 is 0 Å². The predicted octanol–water partition coefficient (Wildman–Crippen LogP) is 2.83. The van der Waals surface area contributed by atoms with Gasteiger partial charge in [-0.25, -0.2) is 5.26 Å². The molecule has 0 aromatic heterocycles. The largest absolute Gasteiger partial charge is 0.328 e. The second-order valence-corrected chi connectivity index (χ2v) is 3.04. The first kappa shape index (κ1) is 14.0. The minimum atomic E-state index is 0.472. The third kappa shape index (κ3) is 12.2. The van der Waals surface area contributed by atoms with Crippen LogP contribution in [0.1, 0.15) is 52.4 Å². The van der Waals surface area contributed by atoms with E-state index in [1.54, 1.807) is 0 Å². The predicted molar refractivity (Wildman–Crippen MR) is 53.7 cm³/mol. The number of hydrogen-bond donors (Lipinski definition) is 1. The van der Waals surface area contributed by atoms with E-state index in [4.69, 9.17) is 11.0 Å². The lowest BCUT2D eigenvalue weighted by Gasteiger charge is -2.08. The van der Waals surface area contributed by atoms with Gasteiger partial charge in [-0.2, -0.15) is 0 Å². The molecule has 0 saturated heterocycles. The lowest BCUT2D eigenvalue weighted by molar-refractivity contribution is 0.520. The van der Waals surface area contributed by atoms with Crippen molar-refractivity contribution < 1.29 is 0 Å². The second kappa shape index (κ2) is 13.1. The molecule has 0 saturated carbocycles. The zero-order chi connectivity index (χ0) is 9.82. The molecular formula is C10H22N2. The molecule has 0 atom stereocenters. The number of nitrogens with zero attached hydrogens (tertiary/aromatic N) is 1. The van der Waals surface area contributed by atoms with E-state index in [-0.39, 0.29) is 0 Å². The van der Waals surface area contributed by atoms with Crippen LogP contribution in [0.4, 0.5) is 0 Å². The van der Waals surface area contributed by atoms with E-state index in [1.807, 2.05) is 0 Å². The zero-order valence-electron chi connectivity index (χ0n) is 8.42. The van der Waals surface area contributed by atoms with Crippen molar-refractivity contribution in [3.05, 3.63) is 0 Å². The molecule has 0 unspecified atom stereocenters. The van der Waals surface area contributed by atoms with Gasteiger partial charge in [-0.1, -0.05) is 39.5 Å². The number of rotatable bonds is 6.